The van der Waals surface area contributed by atoms with Crippen molar-refractivity contribution in [1.82, 2.24) is 0 Å². The van der Waals surface area contributed by atoms with Crippen LogP contribution in [0, 0.1) is 17.8 Å². The largest absolute Gasteiger partial charge is 0.0625 e. The van der Waals surface area contributed by atoms with Crippen LogP contribution in [0.3, 0.4) is 0 Å². The third kappa shape index (κ3) is 0.490. The van der Waals surface area contributed by atoms with Gasteiger partial charge in [0, 0.05) is 0 Å². The van der Waals surface area contributed by atoms with E-state index in [9.17, 15) is 0 Å². The van der Waals surface area contributed by atoms with E-state index in [0.29, 0.717) is 0 Å². The number of rotatable bonds is 0. The van der Waals surface area contributed by atoms with E-state index < -0.39 is 0 Å². The van der Waals surface area contributed by atoms with Crippen LogP contribution in [0.25, 0.3) is 0 Å². The van der Waals surface area contributed by atoms with E-state index in [1.807, 2.05) is 0 Å². The molecule has 0 aliphatic heterocycles. The maximum atomic E-state index is 2.38. The Morgan fingerprint density at radius 3 is 1.86 bits per heavy atom. The molecule has 0 spiro atoms. The second-order valence-electron chi connectivity index (χ2n) is 3.33. The molecule has 2 saturated carbocycles. The fraction of sp³-hybridized carbons (Fsp3) is 1.00. The summed E-state index contributed by atoms with van der Waals surface area (Å²) in [6, 6.07) is 0. The Bertz CT molecular complexity index is 76.0. The van der Waals surface area contributed by atoms with Gasteiger partial charge in [0.2, 0.25) is 0 Å². The lowest BCUT2D eigenvalue weighted by atomic mass is 10.1. The number of hydrogen-bond acceptors (Lipinski definition) is 0. The SMILES string of the molecule is CC1CC2CC2C1. The molecule has 2 aliphatic rings. The van der Waals surface area contributed by atoms with Crippen LogP contribution in [0.15, 0.2) is 0 Å². The van der Waals surface area contributed by atoms with Gasteiger partial charge in [-0.2, -0.15) is 0 Å². The topological polar surface area (TPSA) is 0 Å². The van der Waals surface area contributed by atoms with Gasteiger partial charge in [-0.25, -0.2) is 0 Å². The molecular weight excluding hydrogens is 84.1 g/mol. The first-order valence-corrected chi connectivity index (χ1v) is 3.36. The molecule has 2 aliphatic carbocycles. The van der Waals surface area contributed by atoms with Gasteiger partial charge in [0.25, 0.3) is 0 Å². The van der Waals surface area contributed by atoms with E-state index >= 15 is 0 Å². The summed E-state index contributed by atoms with van der Waals surface area (Å²) in [5, 5.41) is 0. The maximum Gasteiger partial charge on any atom is -0.0380 e. The molecule has 7 heavy (non-hydrogen) atoms. The van der Waals surface area contributed by atoms with Gasteiger partial charge in [0.1, 0.15) is 0 Å². The first-order chi connectivity index (χ1) is 3.36. The zero-order valence-corrected chi connectivity index (χ0v) is 4.85. The molecule has 2 unspecified atom stereocenters. The average Bonchev–Trinajstić information content (AvgIpc) is 2.15. The summed E-state index contributed by atoms with van der Waals surface area (Å²) < 4.78 is 0. The Morgan fingerprint density at radius 1 is 1.00 bits per heavy atom. The highest BCUT2D eigenvalue weighted by atomic mass is 14.5. The minimum atomic E-state index is 1.07. The van der Waals surface area contributed by atoms with Crippen LogP contribution in [0.4, 0.5) is 0 Å². The van der Waals surface area contributed by atoms with Crippen LogP contribution in [0.1, 0.15) is 26.2 Å². The summed E-state index contributed by atoms with van der Waals surface area (Å²) >= 11 is 0. The van der Waals surface area contributed by atoms with E-state index in [4.69, 9.17) is 0 Å². The van der Waals surface area contributed by atoms with Gasteiger partial charge in [-0.1, -0.05) is 6.92 Å². The Morgan fingerprint density at radius 2 is 1.57 bits per heavy atom. The second-order valence-corrected chi connectivity index (χ2v) is 3.33. The lowest BCUT2D eigenvalue weighted by Crippen LogP contribution is -1.86. The molecule has 0 radical (unpaired) electrons. The van der Waals surface area contributed by atoms with Gasteiger partial charge in [0.15, 0.2) is 0 Å². The summed E-state index contributed by atoms with van der Waals surface area (Å²) in [7, 11) is 0. The molecule has 0 bridgehead atoms. The zero-order valence-electron chi connectivity index (χ0n) is 4.85. The minimum absolute atomic E-state index is 1.07. The third-order valence-corrected chi connectivity index (χ3v) is 2.48. The van der Waals surface area contributed by atoms with E-state index in [1.54, 1.807) is 19.3 Å². The summed E-state index contributed by atoms with van der Waals surface area (Å²) in [5.41, 5.74) is 0. The summed E-state index contributed by atoms with van der Waals surface area (Å²) in [6.07, 6.45) is 4.67. The van der Waals surface area contributed by atoms with Gasteiger partial charge in [0.05, 0.1) is 0 Å². The maximum absolute atomic E-state index is 2.38. The molecule has 2 atom stereocenters. The quantitative estimate of drug-likeness (QED) is 0.433. The average molecular weight is 96.2 g/mol. The van der Waals surface area contributed by atoms with Crippen molar-refractivity contribution in [1.29, 1.82) is 0 Å². The molecule has 2 fully saturated rings. The van der Waals surface area contributed by atoms with Crippen LogP contribution in [-0.2, 0) is 0 Å². The van der Waals surface area contributed by atoms with Crippen LogP contribution in [0.2, 0.25) is 0 Å². The lowest BCUT2D eigenvalue weighted by Gasteiger charge is -1.98. The molecule has 0 saturated heterocycles. The van der Waals surface area contributed by atoms with Crippen molar-refractivity contribution in [3.05, 3.63) is 0 Å². The molecule has 0 aromatic carbocycles. The first-order valence-electron chi connectivity index (χ1n) is 3.36. The van der Waals surface area contributed by atoms with Crippen molar-refractivity contribution in [2.75, 3.05) is 0 Å². The zero-order chi connectivity index (χ0) is 4.85. The molecule has 0 aromatic heterocycles. The van der Waals surface area contributed by atoms with Gasteiger partial charge < -0.3 is 0 Å². The molecule has 0 amide bonds. The van der Waals surface area contributed by atoms with Gasteiger partial charge in [-0.05, 0) is 37.0 Å². The van der Waals surface area contributed by atoms with Crippen LogP contribution in [0.5, 0.6) is 0 Å². The smallest absolute Gasteiger partial charge is 0.0380 e. The fourth-order valence-electron chi connectivity index (χ4n) is 2.02. The Labute approximate surface area is 44.9 Å². The molecule has 0 aromatic rings. The Kier molecular flexibility index (Phi) is 0.586. The fourth-order valence-corrected chi connectivity index (χ4v) is 2.02. The minimum Gasteiger partial charge on any atom is -0.0625 e. The van der Waals surface area contributed by atoms with E-state index in [-0.39, 0.29) is 0 Å². The molecule has 0 heterocycles. The van der Waals surface area contributed by atoms with Crippen molar-refractivity contribution < 1.29 is 0 Å². The van der Waals surface area contributed by atoms with Crippen LogP contribution >= 0.6 is 0 Å². The van der Waals surface area contributed by atoms with E-state index in [2.05, 4.69) is 6.92 Å². The molecule has 0 N–H and O–H groups in total. The summed E-state index contributed by atoms with van der Waals surface area (Å²) in [5.74, 6) is 3.45. The summed E-state index contributed by atoms with van der Waals surface area (Å²) in [6.45, 7) is 2.38. The highest BCUT2D eigenvalue weighted by Crippen LogP contribution is 2.53. The molecule has 40 valence electrons. The second kappa shape index (κ2) is 1.04. The van der Waals surface area contributed by atoms with Crippen molar-refractivity contribution in [2.24, 2.45) is 17.8 Å². The van der Waals surface area contributed by atoms with Gasteiger partial charge in [-0.3, -0.25) is 0 Å². The standard InChI is InChI=1S/C7H12/c1-5-2-6-4-7(6)3-5/h5-7H,2-4H2,1H3. The predicted molar refractivity (Wildman–Crippen MR) is 30.0 cm³/mol. The highest BCUT2D eigenvalue weighted by molar-refractivity contribution is 4.94. The number of hydrogen-bond donors (Lipinski definition) is 0. The van der Waals surface area contributed by atoms with Crippen LogP contribution in [-0.4, -0.2) is 0 Å². The normalized spacial score (nSPS) is 57.0. The lowest BCUT2D eigenvalue weighted by molar-refractivity contribution is 0.535. The molecule has 2 rings (SSSR count). The Balaban J connectivity index is 2.02. The van der Waals surface area contributed by atoms with Gasteiger partial charge >= 0.3 is 0 Å². The molecular formula is C7H12. The van der Waals surface area contributed by atoms with Gasteiger partial charge in [-0.15, -0.1) is 0 Å². The predicted octanol–water partition coefficient (Wildman–Crippen LogP) is 2.05. The van der Waals surface area contributed by atoms with E-state index in [1.165, 1.54) is 11.8 Å². The highest BCUT2D eigenvalue weighted by Gasteiger charge is 2.43. The third-order valence-electron chi connectivity index (χ3n) is 2.48. The van der Waals surface area contributed by atoms with E-state index in [0.717, 1.165) is 5.92 Å². The van der Waals surface area contributed by atoms with Crippen LogP contribution < -0.4 is 0 Å². The van der Waals surface area contributed by atoms with Crippen molar-refractivity contribution in [2.45, 2.75) is 26.2 Å². The monoisotopic (exact) mass is 96.1 g/mol. The summed E-state index contributed by atoms with van der Waals surface area (Å²) in [4.78, 5) is 0. The molecule has 0 heteroatoms. The Hall–Kier alpha value is 0. The number of fused-ring (bicyclic) bond motifs is 1. The van der Waals surface area contributed by atoms with Crippen molar-refractivity contribution in [3.8, 4) is 0 Å². The molecule has 0 nitrogen and oxygen atoms in total. The first kappa shape index (κ1) is 3.94. The van der Waals surface area contributed by atoms with Crippen molar-refractivity contribution >= 4 is 0 Å². The van der Waals surface area contributed by atoms with Crippen molar-refractivity contribution in [3.63, 3.8) is 0 Å².